The van der Waals surface area contributed by atoms with Gasteiger partial charge in [-0.15, -0.1) is 0 Å². The smallest absolute Gasteiger partial charge is 0.252 e. The van der Waals surface area contributed by atoms with Crippen LogP contribution in [0.1, 0.15) is 49.7 Å². The van der Waals surface area contributed by atoms with Crippen molar-refractivity contribution in [3.63, 3.8) is 0 Å². The van der Waals surface area contributed by atoms with Gasteiger partial charge in [0.1, 0.15) is 12.3 Å². The summed E-state index contributed by atoms with van der Waals surface area (Å²) in [7, 11) is 0. The number of nitrogens with zero attached hydrogens (tertiary/aromatic N) is 3. The standard InChI is InChI=1S/C19H28N6O2/c1-5-21-18(25-13-16-24-12-15(27-16)19(2,3)4)23-10-9-22-17(26)14-7-6-8-20-11-14/h6-8,11-12H,5,9-10,13H2,1-4H3,(H,22,26)(H2,21,23,25). The maximum Gasteiger partial charge on any atom is 0.252 e. The lowest BCUT2D eigenvalue weighted by Crippen LogP contribution is -2.41. The predicted octanol–water partition coefficient (Wildman–Crippen LogP) is 1.85. The molecule has 0 atom stereocenters. The van der Waals surface area contributed by atoms with Gasteiger partial charge >= 0.3 is 0 Å². The number of oxazole rings is 1. The zero-order valence-corrected chi connectivity index (χ0v) is 16.4. The first-order valence-corrected chi connectivity index (χ1v) is 9.05. The van der Waals surface area contributed by atoms with Gasteiger partial charge in [-0.2, -0.15) is 0 Å². The summed E-state index contributed by atoms with van der Waals surface area (Å²) in [6.45, 7) is 10.3. The lowest BCUT2D eigenvalue weighted by molar-refractivity contribution is 0.0954. The van der Waals surface area contributed by atoms with Gasteiger partial charge in [-0.05, 0) is 19.1 Å². The quantitative estimate of drug-likeness (QED) is 0.389. The molecule has 0 saturated heterocycles. The highest BCUT2D eigenvalue weighted by molar-refractivity contribution is 5.93. The van der Waals surface area contributed by atoms with Crippen LogP contribution in [0.3, 0.4) is 0 Å². The molecule has 3 N–H and O–H groups in total. The van der Waals surface area contributed by atoms with Crippen molar-refractivity contribution >= 4 is 11.9 Å². The molecule has 0 aliphatic heterocycles. The number of carbonyl (C=O) groups excluding carboxylic acids is 1. The van der Waals surface area contributed by atoms with Crippen LogP contribution in [-0.4, -0.2) is 41.5 Å². The lowest BCUT2D eigenvalue weighted by atomic mass is 9.94. The van der Waals surface area contributed by atoms with Crippen molar-refractivity contribution in [3.05, 3.63) is 47.9 Å². The molecule has 8 heteroatoms. The molecule has 0 fully saturated rings. The van der Waals surface area contributed by atoms with E-state index in [-0.39, 0.29) is 11.3 Å². The Hall–Kier alpha value is -2.90. The van der Waals surface area contributed by atoms with Gasteiger partial charge in [0.05, 0.1) is 11.8 Å². The largest absolute Gasteiger partial charge is 0.443 e. The van der Waals surface area contributed by atoms with E-state index in [1.165, 1.54) is 6.20 Å². The van der Waals surface area contributed by atoms with Gasteiger partial charge in [0.15, 0.2) is 5.96 Å². The van der Waals surface area contributed by atoms with Gasteiger partial charge in [-0.1, -0.05) is 20.8 Å². The fraction of sp³-hybridized carbons (Fsp3) is 0.474. The van der Waals surface area contributed by atoms with Crippen LogP contribution in [0.4, 0.5) is 0 Å². The van der Waals surface area contributed by atoms with E-state index >= 15 is 0 Å². The van der Waals surface area contributed by atoms with E-state index in [1.807, 2.05) is 6.92 Å². The molecule has 27 heavy (non-hydrogen) atoms. The highest BCUT2D eigenvalue weighted by Crippen LogP contribution is 2.22. The minimum Gasteiger partial charge on any atom is -0.443 e. The second-order valence-corrected chi connectivity index (χ2v) is 6.99. The number of carbonyl (C=O) groups is 1. The Morgan fingerprint density at radius 3 is 2.59 bits per heavy atom. The van der Waals surface area contributed by atoms with Crippen LogP contribution in [-0.2, 0) is 12.0 Å². The first-order chi connectivity index (χ1) is 12.9. The van der Waals surface area contributed by atoms with Crippen LogP contribution in [0.5, 0.6) is 0 Å². The van der Waals surface area contributed by atoms with Crippen LogP contribution < -0.4 is 16.0 Å². The SMILES string of the molecule is CCNC(=NCc1ncc(C(C)(C)C)o1)NCCNC(=O)c1cccnc1. The van der Waals surface area contributed by atoms with E-state index in [4.69, 9.17) is 4.42 Å². The van der Waals surface area contributed by atoms with Crippen LogP contribution in [0.2, 0.25) is 0 Å². The second-order valence-electron chi connectivity index (χ2n) is 6.99. The van der Waals surface area contributed by atoms with Crippen LogP contribution in [0.25, 0.3) is 0 Å². The summed E-state index contributed by atoms with van der Waals surface area (Å²) in [5, 5.41) is 9.17. The molecule has 8 nitrogen and oxygen atoms in total. The zero-order chi connectivity index (χ0) is 19.7. The molecule has 0 saturated carbocycles. The number of aromatic nitrogens is 2. The van der Waals surface area contributed by atoms with Gasteiger partial charge in [0.2, 0.25) is 5.89 Å². The highest BCUT2D eigenvalue weighted by atomic mass is 16.4. The third-order valence-corrected chi connectivity index (χ3v) is 3.64. The van der Waals surface area contributed by atoms with E-state index in [0.717, 1.165) is 12.3 Å². The molecule has 2 rings (SSSR count). The molecule has 0 spiro atoms. The minimum atomic E-state index is -0.152. The Morgan fingerprint density at radius 1 is 1.19 bits per heavy atom. The molecular weight excluding hydrogens is 344 g/mol. The number of guanidine groups is 1. The van der Waals surface area contributed by atoms with Crippen molar-refractivity contribution in [3.8, 4) is 0 Å². The monoisotopic (exact) mass is 372 g/mol. The molecule has 1 amide bonds. The van der Waals surface area contributed by atoms with Crippen molar-refractivity contribution in [1.82, 2.24) is 25.9 Å². The summed E-state index contributed by atoms with van der Waals surface area (Å²) in [5.41, 5.74) is 0.459. The Balaban J connectivity index is 1.81. The van der Waals surface area contributed by atoms with Crippen molar-refractivity contribution in [2.75, 3.05) is 19.6 Å². The number of pyridine rings is 1. The summed E-state index contributed by atoms with van der Waals surface area (Å²) in [6, 6.07) is 3.46. The second kappa shape index (κ2) is 9.70. The Bertz CT molecular complexity index is 749. The Kier molecular flexibility index (Phi) is 7.34. The number of amides is 1. The zero-order valence-electron chi connectivity index (χ0n) is 16.4. The van der Waals surface area contributed by atoms with Crippen molar-refractivity contribution in [2.24, 2.45) is 4.99 Å². The van der Waals surface area contributed by atoms with Crippen LogP contribution >= 0.6 is 0 Å². The Labute approximate surface area is 159 Å². The summed E-state index contributed by atoms with van der Waals surface area (Å²) in [6.07, 6.45) is 4.92. The van der Waals surface area contributed by atoms with Crippen molar-refractivity contribution in [2.45, 2.75) is 39.7 Å². The summed E-state index contributed by atoms with van der Waals surface area (Å²) < 4.78 is 5.75. The van der Waals surface area contributed by atoms with Gasteiger partial charge < -0.3 is 20.4 Å². The molecule has 0 aliphatic rings. The van der Waals surface area contributed by atoms with Gasteiger partial charge in [-0.3, -0.25) is 9.78 Å². The van der Waals surface area contributed by atoms with E-state index in [9.17, 15) is 4.79 Å². The molecule has 0 bridgehead atoms. The topological polar surface area (TPSA) is 104 Å². The average molecular weight is 372 g/mol. The molecule has 2 heterocycles. The maximum atomic E-state index is 12.0. The van der Waals surface area contributed by atoms with E-state index < -0.39 is 0 Å². The summed E-state index contributed by atoms with van der Waals surface area (Å²) >= 11 is 0. The first kappa shape index (κ1) is 20.4. The van der Waals surface area contributed by atoms with E-state index in [0.29, 0.717) is 37.0 Å². The summed E-state index contributed by atoms with van der Waals surface area (Å²) in [4.78, 5) is 24.6. The first-order valence-electron chi connectivity index (χ1n) is 9.05. The summed E-state index contributed by atoms with van der Waals surface area (Å²) in [5.74, 6) is 1.90. The minimum absolute atomic E-state index is 0.0792. The lowest BCUT2D eigenvalue weighted by Gasteiger charge is -2.13. The Morgan fingerprint density at radius 2 is 1.96 bits per heavy atom. The normalized spacial score (nSPS) is 11.9. The van der Waals surface area contributed by atoms with E-state index in [1.54, 1.807) is 24.5 Å². The fourth-order valence-electron chi connectivity index (χ4n) is 2.17. The maximum absolute atomic E-state index is 12.0. The van der Waals surface area contributed by atoms with Gasteiger partial charge in [-0.25, -0.2) is 9.98 Å². The molecule has 2 aromatic heterocycles. The molecule has 146 valence electrons. The third-order valence-electron chi connectivity index (χ3n) is 3.64. The molecule has 2 aromatic rings. The molecule has 0 aromatic carbocycles. The predicted molar refractivity (Wildman–Crippen MR) is 105 cm³/mol. The number of nitrogens with one attached hydrogen (secondary N) is 3. The fourth-order valence-corrected chi connectivity index (χ4v) is 2.17. The van der Waals surface area contributed by atoms with Crippen LogP contribution in [0.15, 0.2) is 40.1 Å². The third kappa shape index (κ3) is 6.73. The average Bonchev–Trinajstić information content (AvgIpc) is 3.13. The molecule has 0 radical (unpaired) electrons. The highest BCUT2D eigenvalue weighted by Gasteiger charge is 2.19. The molecule has 0 unspecified atom stereocenters. The van der Waals surface area contributed by atoms with Gasteiger partial charge in [0, 0.05) is 37.4 Å². The number of hydrogen-bond donors (Lipinski definition) is 3. The number of rotatable bonds is 7. The van der Waals surface area contributed by atoms with Crippen molar-refractivity contribution in [1.29, 1.82) is 0 Å². The van der Waals surface area contributed by atoms with Crippen LogP contribution in [0, 0.1) is 0 Å². The number of aliphatic imine (C=N–C) groups is 1. The van der Waals surface area contributed by atoms with E-state index in [2.05, 4.69) is 51.7 Å². The van der Waals surface area contributed by atoms with Crippen molar-refractivity contribution < 1.29 is 9.21 Å². The molecular formula is C19H28N6O2. The number of hydrogen-bond acceptors (Lipinski definition) is 5. The van der Waals surface area contributed by atoms with Gasteiger partial charge in [0.25, 0.3) is 5.91 Å². The molecule has 0 aliphatic carbocycles.